The van der Waals surface area contributed by atoms with Gasteiger partial charge in [0.15, 0.2) is 0 Å². The van der Waals surface area contributed by atoms with Crippen LogP contribution in [0.5, 0.6) is 17.2 Å². The molecule has 3 aromatic rings. The molecule has 120 valence electrons. The molecule has 0 N–H and O–H groups in total. The van der Waals surface area contributed by atoms with Crippen LogP contribution in [0.4, 0.5) is 0 Å². The van der Waals surface area contributed by atoms with Gasteiger partial charge < -0.3 is 9.47 Å². The summed E-state index contributed by atoms with van der Waals surface area (Å²) in [7, 11) is 1.70. The van der Waals surface area contributed by atoms with E-state index in [2.05, 4.69) is 62.4 Å². The van der Waals surface area contributed by atoms with Gasteiger partial charge >= 0.3 is 0 Å². The van der Waals surface area contributed by atoms with Crippen molar-refractivity contribution in [3.05, 3.63) is 88.5 Å². The second-order valence-electron chi connectivity index (χ2n) is 6.39. The molecule has 0 saturated heterocycles. The van der Waals surface area contributed by atoms with Crippen molar-refractivity contribution < 1.29 is 9.47 Å². The molecule has 1 aliphatic rings. The first kappa shape index (κ1) is 14.8. The van der Waals surface area contributed by atoms with Gasteiger partial charge in [0.05, 0.1) is 7.11 Å². The van der Waals surface area contributed by atoms with E-state index in [0.717, 1.165) is 17.2 Å². The van der Waals surface area contributed by atoms with Gasteiger partial charge in [0.1, 0.15) is 17.2 Å². The smallest absolute Gasteiger partial charge is 0.131 e. The van der Waals surface area contributed by atoms with Gasteiger partial charge in [0.2, 0.25) is 0 Å². The van der Waals surface area contributed by atoms with Crippen LogP contribution in [-0.2, 0) is 0 Å². The zero-order valence-corrected chi connectivity index (χ0v) is 14.2. The van der Waals surface area contributed by atoms with Crippen LogP contribution in [0.25, 0.3) is 0 Å². The van der Waals surface area contributed by atoms with Crippen LogP contribution in [-0.4, -0.2) is 7.11 Å². The van der Waals surface area contributed by atoms with Gasteiger partial charge in [-0.1, -0.05) is 47.5 Å². The number of hydrogen-bond acceptors (Lipinski definition) is 2. The summed E-state index contributed by atoms with van der Waals surface area (Å²) in [4.78, 5) is 0. The summed E-state index contributed by atoms with van der Waals surface area (Å²) < 4.78 is 11.5. The van der Waals surface area contributed by atoms with E-state index in [1.807, 2.05) is 12.1 Å². The molecule has 2 nitrogen and oxygen atoms in total. The Morgan fingerprint density at radius 3 is 1.79 bits per heavy atom. The molecule has 0 fully saturated rings. The van der Waals surface area contributed by atoms with Crippen LogP contribution in [0, 0.1) is 13.8 Å². The second-order valence-corrected chi connectivity index (χ2v) is 6.39. The molecule has 0 unspecified atom stereocenters. The van der Waals surface area contributed by atoms with E-state index in [1.54, 1.807) is 7.11 Å². The van der Waals surface area contributed by atoms with E-state index < -0.39 is 0 Å². The van der Waals surface area contributed by atoms with Gasteiger partial charge in [-0.3, -0.25) is 0 Å². The maximum Gasteiger partial charge on any atom is 0.131 e. The highest BCUT2D eigenvalue weighted by atomic mass is 16.5. The number of hydrogen-bond donors (Lipinski definition) is 0. The van der Waals surface area contributed by atoms with Crippen molar-refractivity contribution in [2.75, 3.05) is 7.11 Å². The number of rotatable bonds is 2. The molecule has 0 atom stereocenters. The number of methoxy groups -OCH3 is 1. The zero-order valence-electron chi connectivity index (χ0n) is 14.2. The van der Waals surface area contributed by atoms with Gasteiger partial charge in [-0.05, 0) is 43.7 Å². The van der Waals surface area contributed by atoms with E-state index in [0.29, 0.717) is 0 Å². The van der Waals surface area contributed by atoms with E-state index in [1.165, 1.54) is 27.8 Å². The van der Waals surface area contributed by atoms with Crippen molar-refractivity contribution in [3.8, 4) is 17.2 Å². The molecule has 0 bridgehead atoms. The molecule has 4 rings (SSSR count). The fraction of sp³-hybridized carbons (Fsp3) is 0.182. The topological polar surface area (TPSA) is 18.5 Å². The van der Waals surface area contributed by atoms with Crippen molar-refractivity contribution in [2.24, 2.45) is 0 Å². The van der Waals surface area contributed by atoms with Gasteiger partial charge in [0, 0.05) is 17.0 Å². The maximum absolute atomic E-state index is 6.16. The summed E-state index contributed by atoms with van der Waals surface area (Å²) >= 11 is 0. The van der Waals surface area contributed by atoms with Gasteiger partial charge in [0.25, 0.3) is 0 Å². The Morgan fingerprint density at radius 2 is 1.29 bits per heavy atom. The predicted molar refractivity (Wildman–Crippen MR) is 96.4 cm³/mol. The third-order valence-electron chi connectivity index (χ3n) is 4.62. The molecule has 2 heteroatoms. The third-order valence-corrected chi connectivity index (χ3v) is 4.62. The van der Waals surface area contributed by atoms with Crippen LogP contribution in [0.15, 0.2) is 60.7 Å². The third kappa shape index (κ3) is 2.44. The minimum Gasteiger partial charge on any atom is -0.497 e. The fourth-order valence-corrected chi connectivity index (χ4v) is 3.41. The molecule has 1 heterocycles. The fourth-order valence-electron chi connectivity index (χ4n) is 3.41. The Hall–Kier alpha value is -2.74. The molecule has 0 saturated carbocycles. The first-order valence-corrected chi connectivity index (χ1v) is 8.18. The molecule has 0 amide bonds. The minimum absolute atomic E-state index is 0.175. The van der Waals surface area contributed by atoms with E-state index in [-0.39, 0.29) is 5.92 Å². The Labute approximate surface area is 142 Å². The quantitative estimate of drug-likeness (QED) is 0.479. The highest BCUT2D eigenvalue weighted by Gasteiger charge is 2.28. The van der Waals surface area contributed by atoms with Crippen LogP contribution in [0.2, 0.25) is 0 Å². The van der Waals surface area contributed by atoms with Gasteiger partial charge in [-0.25, -0.2) is 0 Å². The van der Waals surface area contributed by atoms with Crippen molar-refractivity contribution in [3.63, 3.8) is 0 Å². The molecule has 24 heavy (non-hydrogen) atoms. The molecule has 3 aromatic carbocycles. The average molecular weight is 316 g/mol. The second kappa shape index (κ2) is 5.72. The zero-order chi connectivity index (χ0) is 16.7. The van der Waals surface area contributed by atoms with Crippen molar-refractivity contribution in [2.45, 2.75) is 19.8 Å². The Bertz CT molecular complexity index is 843. The Morgan fingerprint density at radius 1 is 0.750 bits per heavy atom. The molecule has 0 aliphatic carbocycles. The SMILES string of the molecule is COc1ccc(C2c3cc(C)ccc3Oc3ccc(C)cc32)cc1. The lowest BCUT2D eigenvalue weighted by Gasteiger charge is -2.29. The normalized spacial score (nSPS) is 13.0. The van der Waals surface area contributed by atoms with Crippen molar-refractivity contribution in [1.82, 2.24) is 0 Å². The first-order valence-electron chi connectivity index (χ1n) is 8.18. The van der Waals surface area contributed by atoms with E-state index in [9.17, 15) is 0 Å². The molecular weight excluding hydrogens is 296 g/mol. The van der Waals surface area contributed by atoms with Crippen LogP contribution in [0.3, 0.4) is 0 Å². The first-order chi connectivity index (χ1) is 11.7. The Kier molecular flexibility index (Phi) is 3.53. The van der Waals surface area contributed by atoms with E-state index >= 15 is 0 Å². The highest BCUT2D eigenvalue weighted by Crippen LogP contribution is 2.47. The lowest BCUT2D eigenvalue weighted by atomic mass is 9.81. The molecule has 0 aromatic heterocycles. The summed E-state index contributed by atoms with van der Waals surface area (Å²) in [5.41, 5.74) is 6.17. The van der Waals surface area contributed by atoms with Crippen LogP contribution >= 0.6 is 0 Å². The van der Waals surface area contributed by atoms with Crippen LogP contribution < -0.4 is 9.47 Å². The number of benzene rings is 3. The van der Waals surface area contributed by atoms with E-state index in [4.69, 9.17) is 9.47 Å². The maximum atomic E-state index is 6.16. The Balaban J connectivity index is 1.93. The number of fused-ring (bicyclic) bond motifs is 2. The molecule has 1 aliphatic heterocycles. The summed E-state index contributed by atoms with van der Waals surface area (Å²) in [6.07, 6.45) is 0. The lowest BCUT2D eigenvalue weighted by Crippen LogP contribution is -2.12. The number of aryl methyl sites for hydroxylation is 2. The van der Waals surface area contributed by atoms with Crippen molar-refractivity contribution >= 4 is 0 Å². The summed E-state index contributed by atoms with van der Waals surface area (Å²) in [6, 6.07) is 21.1. The summed E-state index contributed by atoms with van der Waals surface area (Å²) in [6.45, 7) is 4.24. The average Bonchev–Trinajstić information content (AvgIpc) is 2.60. The molecule has 0 spiro atoms. The minimum atomic E-state index is 0.175. The summed E-state index contributed by atoms with van der Waals surface area (Å²) in [5, 5.41) is 0. The molecule has 0 radical (unpaired) electrons. The largest absolute Gasteiger partial charge is 0.497 e. The standard InChI is InChI=1S/C22H20O2/c1-14-4-10-20-18(12-14)22(16-6-8-17(23-3)9-7-16)19-13-15(2)5-11-21(19)24-20/h4-13,22H,1-3H3. The number of ether oxygens (including phenoxy) is 2. The predicted octanol–water partition coefficient (Wildman–Crippen LogP) is 5.60. The molecular formula is C22H20O2. The van der Waals surface area contributed by atoms with Gasteiger partial charge in [-0.2, -0.15) is 0 Å². The van der Waals surface area contributed by atoms with Crippen molar-refractivity contribution in [1.29, 1.82) is 0 Å². The summed E-state index contributed by atoms with van der Waals surface area (Å²) in [5.74, 6) is 2.93. The van der Waals surface area contributed by atoms with Gasteiger partial charge in [-0.15, -0.1) is 0 Å². The monoisotopic (exact) mass is 316 g/mol. The highest BCUT2D eigenvalue weighted by molar-refractivity contribution is 5.59. The van der Waals surface area contributed by atoms with Crippen LogP contribution in [0.1, 0.15) is 33.7 Å². The lowest BCUT2D eigenvalue weighted by molar-refractivity contribution is 0.414.